The van der Waals surface area contributed by atoms with Gasteiger partial charge in [-0.3, -0.25) is 5.10 Å². The topological polar surface area (TPSA) is 90.0 Å². The number of halogens is 1. The van der Waals surface area contributed by atoms with E-state index in [0.29, 0.717) is 10.9 Å². The summed E-state index contributed by atoms with van der Waals surface area (Å²) in [6.07, 6.45) is 5.18. The average molecular weight is 617 g/mol. The molecule has 7 nitrogen and oxygen atoms in total. The molecular weight excluding hydrogens is 580 g/mol. The Morgan fingerprint density at radius 1 is 1.07 bits per heavy atom. The average Bonchev–Trinajstić information content (AvgIpc) is 3.60. The Morgan fingerprint density at radius 3 is 2.51 bits per heavy atom. The number of aromatic nitrogens is 4. The van der Waals surface area contributed by atoms with Gasteiger partial charge in [-0.05, 0) is 88.9 Å². The van der Waals surface area contributed by atoms with E-state index in [9.17, 15) is 4.79 Å². The Labute approximate surface area is 261 Å². The predicted octanol–water partition coefficient (Wildman–Crippen LogP) is 9.33. The second-order valence-corrected chi connectivity index (χ2v) is 13.7. The molecule has 6 rings (SSSR count). The number of thiazole rings is 1. The number of esters is 1. The summed E-state index contributed by atoms with van der Waals surface area (Å²) in [6, 6.07) is 13.7. The summed E-state index contributed by atoms with van der Waals surface area (Å²) in [7, 11) is 0. The van der Waals surface area contributed by atoms with Gasteiger partial charge < -0.3 is 9.47 Å². The number of pyridine rings is 1. The minimum absolute atomic E-state index is 0.260. The molecule has 1 aliphatic rings. The van der Waals surface area contributed by atoms with E-state index >= 15 is 0 Å². The summed E-state index contributed by atoms with van der Waals surface area (Å²) in [5.41, 5.74) is 7.49. The van der Waals surface area contributed by atoms with Crippen molar-refractivity contribution in [2.45, 2.75) is 84.3 Å². The molecule has 43 heavy (non-hydrogen) atoms. The summed E-state index contributed by atoms with van der Waals surface area (Å²) >= 11 is 7.86. The van der Waals surface area contributed by atoms with Gasteiger partial charge in [-0.1, -0.05) is 43.0 Å². The van der Waals surface area contributed by atoms with Gasteiger partial charge in [0.25, 0.3) is 0 Å². The Bertz CT molecular complexity index is 1780. The number of nitrogens with one attached hydrogen (secondary N) is 1. The lowest BCUT2D eigenvalue weighted by atomic mass is 9.86. The lowest BCUT2D eigenvalue weighted by molar-refractivity contribution is -0.166. The molecule has 1 saturated carbocycles. The van der Waals surface area contributed by atoms with Crippen LogP contribution in [-0.2, 0) is 14.3 Å². The first-order valence-electron chi connectivity index (χ1n) is 15.0. The van der Waals surface area contributed by atoms with Crippen LogP contribution in [-0.4, -0.2) is 38.3 Å². The van der Waals surface area contributed by atoms with E-state index in [1.54, 1.807) is 18.3 Å². The first-order chi connectivity index (χ1) is 20.6. The maximum absolute atomic E-state index is 13.4. The largest absolute Gasteiger partial charge is 0.464 e. The van der Waals surface area contributed by atoms with E-state index in [4.69, 9.17) is 31.0 Å². The van der Waals surface area contributed by atoms with Crippen LogP contribution in [0.5, 0.6) is 0 Å². The summed E-state index contributed by atoms with van der Waals surface area (Å²) in [4.78, 5) is 23.6. The van der Waals surface area contributed by atoms with E-state index in [0.717, 1.165) is 72.7 Å². The van der Waals surface area contributed by atoms with Crippen molar-refractivity contribution in [2.24, 2.45) is 0 Å². The Kier molecular flexibility index (Phi) is 8.28. The van der Waals surface area contributed by atoms with Crippen LogP contribution in [0.3, 0.4) is 0 Å². The molecule has 0 radical (unpaired) electrons. The van der Waals surface area contributed by atoms with Crippen molar-refractivity contribution in [1.29, 1.82) is 0 Å². The highest BCUT2D eigenvalue weighted by Crippen LogP contribution is 2.45. The number of benzene rings is 2. The molecule has 1 atom stereocenters. The summed E-state index contributed by atoms with van der Waals surface area (Å²) in [6.45, 7) is 9.90. The molecule has 0 unspecified atom stereocenters. The Hall–Kier alpha value is -3.33. The van der Waals surface area contributed by atoms with Crippen LogP contribution in [0, 0.1) is 6.92 Å². The molecule has 224 valence electrons. The van der Waals surface area contributed by atoms with Gasteiger partial charge in [0.1, 0.15) is 16.0 Å². The van der Waals surface area contributed by atoms with Crippen molar-refractivity contribution in [3.63, 3.8) is 0 Å². The SMILES string of the molecule is CCOC(=O)[C@@H](OC(C)(C)C)c1c(C)cc2nc(-c3ccc4n[nH]c(C5CCCCC5)c4n3)sc2c1-c1ccc(Cl)cc1. The fraction of sp³-hybridized carbons (Fsp3) is 0.412. The zero-order valence-corrected chi connectivity index (χ0v) is 26.9. The van der Waals surface area contributed by atoms with Crippen LogP contribution in [0.1, 0.15) is 88.6 Å². The second-order valence-electron chi connectivity index (χ2n) is 12.3. The number of ether oxygens (including phenoxy) is 2. The molecule has 0 aliphatic heterocycles. The molecule has 0 bridgehead atoms. The van der Waals surface area contributed by atoms with Crippen LogP contribution in [0.2, 0.25) is 5.02 Å². The van der Waals surface area contributed by atoms with Crippen molar-refractivity contribution >= 4 is 50.2 Å². The van der Waals surface area contributed by atoms with Crippen LogP contribution in [0.25, 0.3) is 43.1 Å². The highest BCUT2D eigenvalue weighted by Gasteiger charge is 2.33. The summed E-state index contributed by atoms with van der Waals surface area (Å²) in [5, 5.41) is 9.30. The monoisotopic (exact) mass is 616 g/mol. The van der Waals surface area contributed by atoms with E-state index in [-0.39, 0.29) is 6.61 Å². The third-order valence-corrected chi connectivity index (χ3v) is 9.32. The van der Waals surface area contributed by atoms with Crippen molar-refractivity contribution in [3.8, 4) is 21.8 Å². The molecule has 1 fully saturated rings. The number of aromatic amines is 1. The lowest BCUT2D eigenvalue weighted by Crippen LogP contribution is -2.29. The minimum Gasteiger partial charge on any atom is -0.464 e. The van der Waals surface area contributed by atoms with Gasteiger partial charge in [-0.25, -0.2) is 14.8 Å². The number of hydrogen-bond acceptors (Lipinski definition) is 7. The number of nitrogens with zero attached hydrogens (tertiary/aromatic N) is 3. The molecule has 0 amide bonds. The number of hydrogen-bond donors (Lipinski definition) is 1. The highest BCUT2D eigenvalue weighted by atomic mass is 35.5. The van der Waals surface area contributed by atoms with Gasteiger partial charge in [-0.15, -0.1) is 11.3 Å². The predicted molar refractivity (Wildman–Crippen MR) is 174 cm³/mol. The summed E-state index contributed by atoms with van der Waals surface area (Å²) < 4.78 is 12.9. The van der Waals surface area contributed by atoms with Crippen molar-refractivity contribution in [3.05, 3.63) is 64.3 Å². The van der Waals surface area contributed by atoms with E-state index in [2.05, 4.69) is 10.2 Å². The second kappa shape index (κ2) is 12.0. The number of rotatable bonds is 7. The molecule has 3 heterocycles. The molecule has 0 saturated heterocycles. The molecule has 5 aromatic rings. The zero-order chi connectivity index (χ0) is 30.3. The van der Waals surface area contributed by atoms with Gasteiger partial charge in [0.05, 0.1) is 33.8 Å². The maximum atomic E-state index is 13.4. The van der Waals surface area contributed by atoms with Gasteiger partial charge >= 0.3 is 5.97 Å². The fourth-order valence-corrected chi connectivity index (χ4v) is 7.29. The molecule has 0 spiro atoms. The van der Waals surface area contributed by atoms with Gasteiger partial charge in [0, 0.05) is 22.1 Å². The molecule has 2 aromatic carbocycles. The van der Waals surface area contributed by atoms with Crippen molar-refractivity contribution < 1.29 is 14.3 Å². The van der Waals surface area contributed by atoms with E-state index in [1.165, 1.54) is 19.3 Å². The third-order valence-electron chi connectivity index (χ3n) is 7.95. The highest BCUT2D eigenvalue weighted by molar-refractivity contribution is 7.22. The smallest absolute Gasteiger partial charge is 0.339 e. The quantitative estimate of drug-likeness (QED) is 0.183. The Balaban J connectivity index is 1.54. The fourth-order valence-electron chi connectivity index (χ4n) is 6.07. The van der Waals surface area contributed by atoms with Crippen LogP contribution < -0.4 is 0 Å². The van der Waals surface area contributed by atoms with Crippen LogP contribution in [0.15, 0.2) is 42.5 Å². The number of carbonyl (C=O) groups excluding carboxylic acids is 1. The molecule has 1 N–H and O–H groups in total. The molecule has 1 aliphatic carbocycles. The summed E-state index contributed by atoms with van der Waals surface area (Å²) in [5.74, 6) is 0.0448. The van der Waals surface area contributed by atoms with Crippen molar-refractivity contribution in [2.75, 3.05) is 6.61 Å². The van der Waals surface area contributed by atoms with E-state index in [1.807, 2.05) is 70.2 Å². The molecular formula is C34H37ClN4O3S. The Morgan fingerprint density at radius 2 is 1.81 bits per heavy atom. The van der Waals surface area contributed by atoms with E-state index < -0.39 is 17.7 Å². The number of aryl methyl sites for hydroxylation is 1. The maximum Gasteiger partial charge on any atom is 0.339 e. The third kappa shape index (κ3) is 6.06. The van der Waals surface area contributed by atoms with Crippen molar-refractivity contribution in [1.82, 2.24) is 20.2 Å². The van der Waals surface area contributed by atoms with Gasteiger partial charge in [0.2, 0.25) is 0 Å². The number of fused-ring (bicyclic) bond motifs is 2. The number of carbonyl (C=O) groups is 1. The number of H-pyrrole nitrogens is 1. The van der Waals surface area contributed by atoms with Crippen LogP contribution in [0.4, 0.5) is 0 Å². The minimum atomic E-state index is -0.918. The first-order valence-corrected chi connectivity index (χ1v) is 16.2. The lowest BCUT2D eigenvalue weighted by Gasteiger charge is -2.29. The standard InChI is InChI=1S/C34H37ClN4O3S/c1-6-41-33(40)30(42-34(3,4)5)26-19(2)18-25-31(27(26)20-12-14-22(35)15-13-20)43-32(37-25)24-17-16-23-29(36-24)28(39-38-23)21-10-8-7-9-11-21/h12-18,21,30H,6-11H2,1-5H3,(H,38,39)/t30-/m0/s1. The molecule has 3 aromatic heterocycles. The normalized spacial score (nSPS) is 15.3. The van der Waals surface area contributed by atoms with Gasteiger partial charge in [0.15, 0.2) is 6.10 Å². The first kappa shape index (κ1) is 29.7. The van der Waals surface area contributed by atoms with Gasteiger partial charge in [-0.2, -0.15) is 5.10 Å². The molecule has 9 heteroatoms. The zero-order valence-electron chi connectivity index (χ0n) is 25.3. The van der Waals surface area contributed by atoms with Crippen LogP contribution >= 0.6 is 22.9 Å².